The maximum Gasteiger partial charge on any atom is 0.243 e. The molecule has 162 valence electrons. The lowest BCUT2D eigenvalue weighted by molar-refractivity contribution is -0.127. The van der Waals surface area contributed by atoms with Crippen LogP contribution in [0.25, 0.3) is 0 Å². The highest BCUT2D eigenvalue weighted by Gasteiger charge is 2.46. The Balaban J connectivity index is 0.00000300. The minimum Gasteiger partial charge on any atom is -0.381 e. The molecule has 1 aliphatic carbocycles. The molecule has 1 heterocycles. The molecule has 0 aromatic heterocycles. The summed E-state index contributed by atoms with van der Waals surface area (Å²) in [6, 6.07) is 3.75. The number of ether oxygens (including phenoxy) is 1. The molecule has 1 unspecified atom stereocenters. The van der Waals surface area contributed by atoms with Crippen LogP contribution in [0.3, 0.4) is 0 Å². The van der Waals surface area contributed by atoms with E-state index in [4.69, 9.17) is 4.74 Å². The van der Waals surface area contributed by atoms with Crippen molar-refractivity contribution < 1.29 is 18.3 Å². The predicted octanol–water partition coefficient (Wildman–Crippen LogP) is 2.27. The summed E-state index contributed by atoms with van der Waals surface area (Å²) in [6.07, 6.45) is 2.63. The third-order valence-electron chi connectivity index (χ3n) is 5.40. The second kappa shape index (κ2) is 10.5. The van der Waals surface area contributed by atoms with Crippen LogP contribution in [0.5, 0.6) is 0 Å². The molecule has 1 saturated carbocycles. The van der Waals surface area contributed by atoms with E-state index in [-0.39, 0.29) is 41.8 Å². The number of carbonyl (C=O) groups excluding carboxylic acids is 1. The number of likely N-dealkylation sites (N-methyl/N-ethyl adjacent to an activating group) is 1. The van der Waals surface area contributed by atoms with Crippen molar-refractivity contribution in [3.63, 3.8) is 0 Å². The van der Waals surface area contributed by atoms with Crippen molar-refractivity contribution in [3.05, 3.63) is 35.4 Å². The van der Waals surface area contributed by atoms with E-state index in [0.717, 1.165) is 31.9 Å². The topological polar surface area (TPSA) is 66.0 Å². The zero-order chi connectivity index (χ0) is 20.1. The molecule has 1 saturated heterocycles. The van der Waals surface area contributed by atoms with E-state index in [9.17, 15) is 13.6 Å². The van der Waals surface area contributed by atoms with Gasteiger partial charge < -0.3 is 20.3 Å². The van der Waals surface area contributed by atoms with E-state index in [0.29, 0.717) is 37.1 Å². The van der Waals surface area contributed by atoms with E-state index >= 15 is 0 Å². The van der Waals surface area contributed by atoms with Crippen molar-refractivity contribution in [1.82, 2.24) is 15.5 Å². The number of benzene rings is 1. The van der Waals surface area contributed by atoms with Crippen LogP contribution in [0.15, 0.2) is 23.2 Å². The number of aliphatic imine (C=N–C) groups is 1. The largest absolute Gasteiger partial charge is 0.381 e. The summed E-state index contributed by atoms with van der Waals surface area (Å²) in [5, 5.41) is 6.51. The van der Waals surface area contributed by atoms with Crippen molar-refractivity contribution in [2.24, 2.45) is 10.9 Å². The molecule has 2 aliphatic rings. The summed E-state index contributed by atoms with van der Waals surface area (Å²) in [7, 11) is 3.37. The van der Waals surface area contributed by atoms with Crippen LogP contribution in [0.2, 0.25) is 0 Å². The Morgan fingerprint density at radius 3 is 2.66 bits per heavy atom. The molecule has 1 aromatic rings. The molecular formula is C20H29F2IN4O2. The van der Waals surface area contributed by atoms with Gasteiger partial charge in [0, 0.05) is 51.2 Å². The number of carbonyl (C=O) groups is 1. The second-order valence-electron chi connectivity index (χ2n) is 7.82. The molecule has 1 atom stereocenters. The SMILES string of the molecule is CN(C)C(=O)CN=C(NCC1CCOC1)NCC1(c2ccc(F)cc2F)CC1.I. The van der Waals surface area contributed by atoms with Crippen molar-refractivity contribution in [2.45, 2.75) is 24.7 Å². The second-order valence-corrected chi connectivity index (χ2v) is 7.82. The van der Waals surface area contributed by atoms with Crippen LogP contribution in [0.1, 0.15) is 24.8 Å². The van der Waals surface area contributed by atoms with Crippen molar-refractivity contribution in [2.75, 3.05) is 46.9 Å². The van der Waals surface area contributed by atoms with Crippen molar-refractivity contribution in [1.29, 1.82) is 0 Å². The first kappa shape index (κ1) is 23.8. The van der Waals surface area contributed by atoms with E-state index in [1.165, 1.54) is 17.0 Å². The summed E-state index contributed by atoms with van der Waals surface area (Å²) in [5.41, 5.74) is 0.164. The van der Waals surface area contributed by atoms with Crippen molar-refractivity contribution >= 4 is 35.8 Å². The predicted molar refractivity (Wildman–Crippen MR) is 119 cm³/mol. The van der Waals surface area contributed by atoms with E-state index in [1.807, 2.05) is 0 Å². The first-order valence-corrected chi connectivity index (χ1v) is 9.65. The lowest BCUT2D eigenvalue weighted by Crippen LogP contribution is -2.44. The Kier molecular flexibility index (Phi) is 8.62. The summed E-state index contributed by atoms with van der Waals surface area (Å²) in [5.74, 6) is -0.264. The zero-order valence-electron chi connectivity index (χ0n) is 16.8. The van der Waals surface area contributed by atoms with Gasteiger partial charge in [-0.25, -0.2) is 13.8 Å². The fourth-order valence-electron chi connectivity index (χ4n) is 3.31. The number of hydrogen-bond acceptors (Lipinski definition) is 3. The van der Waals surface area contributed by atoms with Gasteiger partial charge in [0.25, 0.3) is 0 Å². The minimum absolute atomic E-state index is 0. The number of amides is 1. The summed E-state index contributed by atoms with van der Waals surface area (Å²) in [6.45, 7) is 2.67. The smallest absolute Gasteiger partial charge is 0.243 e. The molecule has 6 nitrogen and oxygen atoms in total. The van der Waals surface area contributed by atoms with Crippen LogP contribution in [-0.2, 0) is 14.9 Å². The monoisotopic (exact) mass is 522 g/mol. The Morgan fingerprint density at radius 2 is 2.07 bits per heavy atom. The Bertz CT molecular complexity index is 735. The van der Waals surface area contributed by atoms with Gasteiger partial charge in [-0.15, -0.1) is 24.0 Å². The molecule has 0 bridgehead atoms. The van der Waals surface area contributed by atoms with E-state index in [1.54, 1.807) is 14.1 Å². The first-order chi connectivity index (χ1) is 13.4. The molecule has 3 rings (SSSR count). The lowest BCUT2D eigenvalue weighted by atomic mass is 9.95. The molecule has 1 aromatic carbocycles. The quantitative estimate of drug-likeness (QED) is 0.328. The Hall–Kier alpha value is -1.49. The summed E-state index contributed by atoms with van der Waals surface area (Å²) >= 11 is 0. The van der Waals surface area contributed by atoms with E-state index in [2.05, 4.69) is 15.6 Å². The molecule has 1 aliphatic heterocycles. The highest BCUT2D eigenvalue weighted by molar-refractivity contribution is 14.0. The number of hydrogen-bond donors (Lipinski definition) is 2. The van der Waals surface area contributed by atoms with Gasteiger partial charge >= 0.3 is 0 Å². The number of nitrogens with zero attached hydrogens (tertiary/aromatic N) is 2. The lowest BCUT2D eigenvalue weighted by Gasteiger charge is -2.21. The van der Waals surface area contributed by atoms with Crippen LogP contribution in [-0.4, -0.2) is 63.7 Å². The molecule has 0 spiro atoms. The molecule has 29 heavy (non-hydrogen) atoms. The van der Waals surface area contributed by atoms with Gasteiger partial charge in [-0.1, -0.05) is 6.07 Å². The van der Waals surface area contributed by atoms with Crippen LogP contribution in [0.4, 0.5) is 8.78 Å². The summed E-state index contributed by atoms with van der Waals surface area (Å²) < 4.78 is 32.8. The molecule has 1 amide bonds. The van der Waals surface area contributed by atoms with Gasteiger partial charge in [-0.3, -0.25) is 4.79 Å². The normalized spacial score (nSPS) is 20.0. The molecular weight excluding hydrogens is 493 g/mol. The molecule has 9 heteroatoms. The van der Waals surface area contributed by atoms with Crippen LogP contribution in [0, 0.1) is 17.6 Å². The maximum atomic E-state index is 14.2. The first-order valence-electron chi connectivity index (χ1n) is 9.65. The number of rotatable bonds is 7. The Morgan fingerprint density at radius 1 is 1.31 bits per heavy atom. The Labute approximate surface area is 187 Å². The zero-order valence-corrected chi connectivity index (χ0v) is 19.2. The van der Waals surface area contributed by atoms with Gasteiger partial charge in [-0.05, 0) is 30.9 Å². The summed E-state index contributed by atoms with van der Waals surface area (Å²) in [4.78, 5) is 17.7. The number of nitrogens with one attached hydrogen (secondary N) is 2. The van der Waals surface area contributed by atoms with Gasteiger partial charge in [0.05, 0.1) is 6.61 Å². The van der Waals surface area contributed by atoms with Gasteiger partial charge in [0.1, 0.15) is 18.2 Å². The minimum atomic E-state index is -0.574. The van der Waals surface area contributed by atoms with E-state index < -0.39 is 11.6 Å². The average Bonchev–Trinajstić information content (AvgIpc) is 3.24. The fourth-order valence-corrected chi connectivity index (χ4v) is 3.31. The molecule has 2 fully saturated rings. The third-order valence-corrected chi connectivity index (χ3v) is 5.40. The third kappa shape index (κ3) is 6.50. The highest BCUT2D eigenvalue weighted by atomic mass is 127. The van der Waals surface area contributed by atoms with Gasteiger partial charge in [0.15, 0.2) is 5.96 Å². The molecule has 0 radical (unpaired) electrons. The van der Waals surface area contributed by atoms with Crippen LogP contribution < -0.4 is 10.6 Å². The highest BCUT2D eigenvalue weighted by Crippen LogP contribution is 2.48. The molecule has 2 N–H and O–H groups in total. The van der Waals surface area contributed by atoms with Gasteiger partial charge in [0.2, 0.25) is 5.91 Å². The van der Waals surface area contributed by atoms with Crippen LogP contribution >= 0.6 is 24.0 Å². The van der Waals surface area contributed by atoms with Crippen molar-refractivity contribution in [3.8, 4) is 0 Å². The standard InChI is InChI=1S/C20H28F2N4O2.HI/c1-26(2)18(27)11-24-19(23-10-14-5-8-28-12-14)25-13-20(6-7-20)16-4-3-15(21)9-17(16)22;/h3-4,9,14H,5-8,10-13H2,1-2H3,(H2,23,24,25);1H. The number of guanidine groups is 1. The number of halogens is 3. The maximum absolute atomic E-state index is 14.2. The van der Waals surface area contributed by atoms with Gasteiger partial charge in [-0.2, -0.15) is 0 Å². The fraction of sp³-hybridized carbons (Fsp3) is 0.600. The average molecular weight is 522 g/mol.